The van der Waals surface area contributed by atoms with Gasteiger partial charge in [-0.2, -0.15) is 0 Å². The van der Waals surface area contributed by atoms with Crippen molar-refractivity contribution in [2.75, 3.05) is 25.0 Å². The maximum absolute atomic E-state index is 11.6. The van der Waals surface area contributed by atoms with Crippen LogP contribution in [0.5, 0.6) is 0 Å². The molecular formula is C14H20ClN3O2. The van der Waals surface area contributed by atoms with E-state index in [0.29, 0.717) is 17.8 Å². The van der Waals surface area contributed by atoms with Gasteiger partial charge in [-0.25, -0.2) is 9.78 Å². The number of amides is 1. The highest BCUT2D eigenvalue weighted by Crippen LogP contribution is 2.20. The molecule has 1 aromatic rings. The molecule has 0 saturated carbocycles. The van der Waals surface area contributed by atoms with Gasteiger partial charge in [0.15, 0.2) is 0 Å². The molecule has 0 aliphatic carbocycles. The highest BCUT2D eigenvalue weighted by Gasteiger charge is 2.23. The highest BCUT2D eigenvalue weighted by atomic mass is 35.5. The van der Waals surface area contributed by atoms with Gasteiger partial charge >= 0.3 is 6.09 Å². The molecular weight excluding hydrogens is 278 g/mol. The van der Waals surface area contributed by atoms with Crippen LogP contribution in [0.25, 0.3) is 0 Å². The topological polar surface area (TPSA) is 54.5 Å². The summed E-state index contributed by atoms with van der Waals surface area (Å²) >= 11 is 5.91. The minimum absolute atomic E-state index is 0.213. The lowest BCUT2D eigenvalue weighted by atomic mass is 10.1. The first-order valence-corrected chi connectivity index (χ1v) is 7.28. The lowest BCUT2D eigenvalue weighted by Crippen LogP contribution is -2.42. The summed E-state index contributed by atoms with van der Waals surface area (Å²) in [5.41, 5.74) is 1.93. The molecule has 6 heteroatoms. The molecule has 2 rings (SSSR count). The van der Waals surface area contributed by atoms with E-state index in [9.17, 15) is 4.79 Å². The Morgan fingerprint density at radius 3 is 2.85 bits per heavy atom. The Hall–Kier alpha value is -1.49. The van der Waals surface area contributed by atoms with Gasteiger partial charge in [0.2, 0.25) is 0 Å². The van der Waals surface area contributed by atoms with Crippen molar-refractivity contribution in [1.82, 2.24) is 9.88 Å². The van der Waals surface area contributed by atoms with Gasteiger partial charge in [-0.15, -0.1) is 0 Å². The van der Waals surface area contributed by atoms with Gasteiger partial charge in [0.1, 0.15) is 5.15 Å². The number of ether oxygens (including phenoxy) is 1. The van der Waals surface area contributed by atoms with Gasteiger partial charge in [-0.05, 0) is 38.3 Å². The fourth-order valence-electron chi connectivity index (χ4n) is 2.29. The highest BCUT2D eigenvalue weighted by molar-refractivity contribution is 6.30. The molecule has 1 aromatic heterocycles. The van der Waals surface area contributed by atoms with E-state index >= 15 is 0 Å². The number of anilines is 1. The number of nitrogens with zero attached hydrogens (tertiary/aromatic N) is 2. The number of aromatic nitrogens is 1. The summed E-state index contributed by atoms with van der Waals surface area (Å²) < 4.78 is 5.01. The number of aryl methyl sites for hydroxylation is 1. The van der Waals surface area contributed by atoms with Gasteiger partial charge < -0.3 is 15.0 Å². The third-order valence-corrected chi connectivity index (χ3v) is 3.80. The van der Waals surface area contributed by atoms with Gasteiger partial charge in [-0.3, -0.25) is 0 Å². The third-order valence-electron chi connectivity index (χ3n) is 3.41. The Morgan fingerprint density at radius 2 is 2.25 bits per heavy atom. The largest absolute Gasteiger partial charge is 0.450 e. The molecule has 1 fully saturated rings. The number of halogens is 1. The molecule has 5 nitrogen and oxygen atoms in total. The zero-order valence-corrected chi connectivity index (χ0v) is 12.6. The van der Waals surface area contributed by atoms with E-state index < -0.39 is 0 Å². The van der Waals surface area contributed by atoms with E-state index in [0.717, 1.165) is 37.2 Å². The van der Waals surface area contributed by atoms with E-state index in [-0.39, 0.29) is 6.09 Å². The number of rotatable bonds is 3. The lowest BCUT2D eigenvalue weighted by Gasteiger charge is -2.32. The minimum atomic E-state index is -0.213. The normalized spacial score (nSPS) is 16.1. The van der Waals surface area contributed by atoms with Crippen LogP contribution in [0.1, 0.15) is 25.3 Å². The smallest absolute Gasteiger partial charge is 0.409 e. The van der Waals surface area contributed by atoms with Gasteiger partial charge in [0.25, 0.3) is 0 Å². The van der Waals surface area contributed by atoms with Crippen molar-refractivity contribution in [3.8, 4) is 0 Å². The predicted molar refractivity (Wildman–Crippen MR) is 79.2 cm³/mol. The Morgan fingerprint density at radius 1 is 1.55 bits per heavy atom. The molecule has 2 heterocycles. The van der Waals surface area contributed by atoms with Crippen LogP contribution in [0.4, 0.5) is 10.5 Å². The monoisotopic (exact) mass is 297 g/mol. The Bertz CT molecular complexity index is 473. The first kappa shape index (κ1) is 14.9. The number of likely N-dealkylation sites (tertiary alicyclic amines) is 1. The van der Waals surface area contributed by atoms with E-state index in [1.165, 1.54) is 0 Å². The van der Waals surface area contributed by atoms with Crippen LogP contribution in [0, 0.1) is 6.92 Å². The summed E-state index contributed by atoms with van der Waals surface area (Å²) in [6, 6.07) is 2.34. The van der Waals surface area contributed by atoms with Crippen molar-refractivity contribution in [2.45, 2.75) is 32.7 Å². The Labute approximate surface area is 124 Å². The Kier molecular flexibility index (Phi) is 5.06. The number of hydrogen-bond donors (Lipinski definition) is 1. The van der Waals surface area contributed by atoms with Crippen LogP contribution in [0.2, 0.25) is 5.15 Å². The second-order valence-corrected chi connectivity index (χ2v) is 5.29. The summed E-state index contributed by atoms with van der Waals surface area (Å²) in [5, 5.41) is 3.98. The SMILES string of the molecule is CCOC(=O)N1CCC(Nc2cnc(Cl)c(C)c2)CC1. The van der Waals surface area contributed by atoms with Crippen molar-refractivity contribution in [1.29, 1.82) is 0 Å². The maximum Gasteiger partial charge on any atom is 0.409 e. The predicted octanol–water partition coefficient (Wildman–Crippen LogP) is 3.08. The number of carbonyl (C=O) groups excluding carboxylic acids is 1. The number of carbonyl (C=O) groups is 1. The molecule has 0 spiro atoms. The van der Waals surface area contributed by atoms with E-state index in [1.807, 2.05) is 19.9 Å². The average Bonchev–Trinajstić information content (AvgIpc) is 2.44. The second kappa shape index (κ2) is 6.79. The molecule has 1 amide bonds. The van der Waals surface area contributed by atoms with E-state index in [4.69, 9.17) is 16.3 Å². The summed E-state index contributed by atoms with van der Waals surface area (Å²) in [5.74, 6) is 0. The molecule has 1 aliphatic rings. The Balaban J connectivity index is 1.85. The molecule has 110 valence electrons. The van der Waals surface area contributed by atoms with Crippen molar-refractivity contribution in [3.63, 3.8) is 0 Å². The fraction of sp³-hybridized carbons (Fsp3) is 0.571. The number of nitrogens with one attached hydrogen (secondary N) is 1. The van der Waals surface area contributed by atoms with Crippen molar-refractivity contribution in [3.05, 3.63) is 23.0 Å². The lowest BCUT2D eigenvalue weighted by molar-refractivity contribution is 0.0983. The summed E-state index contributed by atoms with van der Waals surface area (Å²) in [7, 11) is 0. The number of pyridine rings is 1. The standard InChI is InChI=1S/C14H20ClN3O2/c1-3-20-14(19)18-6-4-11(5-7-18)17-12-8-10(2)13(15)16-9-12/h8-9,11,17H,3-7H2,1-2H3. The van der Waals surface area contributed by atoms with E-state index in [1.54, 1.807) is 11.1 Å². The quantitative estimate of drug-likeness (QED) is 0.871. The molecule has 0 unspecified atom stereocenters. The maximum atomic E-state index is 11.6. The van der Waals surface area contributed by atoms with Crippen LogP contribution in [0.3, 0.4) is 0 Å². The second-order valence-electron chi connectivity index (χ2n) is 4.94. The zero-order valence-electron chi connectivity index (χ0n) is 11.9. The summed E-state index contributed by atoms with van der Waals surface area (Å²) in [6.07, 6.45) is 3.34. The van der Waals surface area contributed by atoms with Crippen molar-refractivity contribution >= 4 is 23.4 Å². The molecule has 0 aromatic carbocycles. The fourth-order valence-corrected chi connectivity index (χ4v) is 2.40. The van der Waals surface area contributed by atoms with Crippen LogP contribution in [-0.2, 0) is 4.74 Å². The van der Waals surface area contributed by atoms with Gasteiger partial charge in [0.05, 0.1) is 18.5 Å². The van der Waals surface area contributed by atoms with Crippen LogP contribution < -0.4 is 5.32 Å². The van der Waals surface area contributed by atoms with E-state index in [2.05, 4.69) is 10.3 Å². The molecule has 1 N–H and O–H groups in total. The first-order valence-electron chi connectivity index (χ1n) is 6.90. The van der Waals surface area contributed by atoms with Crippen LogP contribution in [0.15, 0.2) is 12.3 Å². The zero-order chi connectivity index (χ0) is 14.5. The average molecular weight is 298 g/mol. The molecule has 1 saturated heterocycles. The minimum Gasteiger partial charge on any atom is -0.450 e. The van der Waals surface area contributed by atoms with Crippen molar-refractivity contribution < 1.29 is 9.53 Å². The first-order chi connectivity index (χ1) is 9.60. The molecule has 0 atom stereocenters. The third kappa shape index (κ3) is 3.76. The van der Waals surface area contributed by atoms with Crippen molar-refractivity contribution in [2.24, 2.45) is 0 Å². The van der Waals surface area contributed by atoms with Crippen LogP contribution >= 0.6 is 11.6 Å². The van der Waals surface area contributed by atoms with Gasteiger partial charge in [-0.1, -0.05) is 11.6 Å². The van der Waals surface area contributed by atoms with Crippen LogP contribution in [-0.4, -0.2) is 41.7 Å². The molecule has 20 heavy (non-hydrogen) atoms. The molecule has 0 radical (unpaired) electrons. The summed E-state index contributed by atoms with van der Waals surface area (Å²) in [6.45, 7) is 5.62. The number of hydrogen-bond acceptors (Lipinski definition) is 4. The van der Waals surface area contributed by atoms with Gasteiger partial charge in [0, 0.05) is 19.1 Å². The summed E-state index contributed by atoms with van der Waals surface area (Å²) in [4.78, 5) is 17.5. The molecule has 1 aliphatic heterocycles. The molecule has 0 bridgehead atoms. The number of piperidine rings is 1.